The number of ether oxygens (including phenoxy) is 1. The van der Waals surface area contributed by atoms with Gasteiger partial charge in [-0.1, -0.05) is 18.5 Å². The smallest absolute Gasteiger partial charge is 0.146 e. The van der Waals surface area contributed by atoms with Crippen LogP contribution in [0, 0.1) is 5.82 Å². The summed E-state index contributed by atoms with van der Waals surface area (Å²) in [6, 6.07) is 1.35. The molecule has 5 heteroatoms. The van der Waals surface area contributed by atoms with Crippen LogP contribution in [-0.4, -0.2) is 31.3 Å². The first kappa shape index (κ1) is 13.4. The molecule has 1 atom stereocenters. The predicted molar refractivity (Wildman–Crippen MR) is 62.2 cm³/mol. The maximum Gasteiger partial charge on any atom is 0.146 e. The second-order valence-electron chi connectivity index (χ2n) is 3.50. The van der Waals surface area contributed by atoms with Gasteiger partial charge in [0.25, 0.3) is 0 Å². The molecule has 0 aliphatic rings. The first-order chi connectivity index (χ1) is 7.67. The average Bonchev–Trinajstić information content (AvgIpc) is 2.23. The van der Waals surface area contributed by atoms with Crippen molar-refractivity contribution in [2.24, 2.45) is 0 Å². The summed E-state index contributed by atoms with van der Waals surface area (Å²) in [5, 5.41) is 3.52. The Bertz CT molecular complexity index is 330. The van der Waals surface area contributed by atoms with Gasteiger partial charge in [0.2, 0.25) is 0 Å². The van der Waals surface area contributed by atoms with Crippen LogP contribution in [0.25, 0.3) is 0 Å². The van der Waals surface area contributed by atoms with E-state index >= 15 is 0 Å². The molecule has 0 radical (unpaired) electrons. The van der Waals surface area contributed by atoms with Gasteiger partial charge in [0.15, 0.2) is 0 Å². The normalized spacial score (nSPS) is 12.8. The van der Waals surface area contributed by atoms with Crippen molar-refractivity contribution in [2.75, 3.05) is 20.3 Å². The van der Waals surface area contributed by atoms with Gasteiger partial charge < -0.3 is 10.1 Å². The molecule has 0 fully saturated rings. The average molecular weight is 247 g/mol. The van der Waals surface area contributed by atoms with Crippen LogP contribution in [0.3, 0.4) is 0 Å². The van der Waals surface area contributed by atoms with Crippen molar-refractivity contribution >= 4 is 11.6 Å². The fourth-order valence-electron chi connectivity index (χ4n) is 1.51. The van der Waals surface area contributed by atoms with Crippen LogP contribution in [0.2, 0.25) is 5.02 Å². The molecule has 1 heterocycles. The van der Waals surface area contributed by atoms with Gasteiger partial charge in [0, 0.05) is 25.8 Å². The van der Waals surface area contributed by atoms with Gasteiger partial charge in [-0.25, -0.2) is 4.39 Å². The highest BCUT2D eigenvalue weighted by Crippen LogP contribution is 2.13. The number of rotatable bonds is 6. The van der Waals surface area contributed by atoms with E-state index in [0.717, 1.165) is 6.54 Å². The number of nitrogens with one attached hydrogen (secondary N) is 1. The molecular formula is C11H16ClFN2O. The van der Waals surface area contributed by atoms with Crippen LogP contribution in [0.5, 0.6) is 0 Å². The molecule has 0 aliphatic heterocycles. The van der Waals surface area contributed by atoms with Gasteiger partial charge in [-0.2, -0.15) is 0 Å². The van der Waals surface area contributed by atoms with Gasteiger partial charge in [0.05, 0.1) is 17.3 Å². The molecule has 1 aromatic heterocycles. The standard InChI is InChI=1S/C11H16ClFN2O/c1-3-14-9(7-16-2)5-11-10(13)4-8(12)6-15-11/h4,6,9,14H,3,5,7H2,1-2H3. The van der Waals surface area contributed by atoms with Crippen LogP contribution in [0.1, 0.15) is 12.6 Å². The van der Waals surface area contributed by atoms with Crippen molar-refractivity contribution in [1.29, 1.82) is 0 Å². The number of likely N-dealkylation sites (N-methyl/N-ethyl adjacent to an activating group) is 1. The Labute approximate surface area is 100.0 Å². The van der Waals surface area contributed by atoms with Crippen LogP contribution in [-0.2, 0) is 11.2 Å². The third kappa shape index (κ3) is 4.04. The SMILES string of the molecule is CCNC(COC)Cc1ncc(Cl)cc1F. The summed E-state index contributed by atoms with van der Waals surface area (Å²) in [7, 11) is 1.62. The van der Waals surface area contributed by atoms with E-state index in [2.05, 4.69) is 10.3 Å². The lowest BCUT2D eigenvalue weighted by Gasteiger charge is -2.16. The second kappa shape index (κ2) is 6.78. The molecule has 3 nitrogen and oxygen atoms in total. The van der Waals surface area contributed by atoms with E-state index in [1.54, 1.807) is 7.11 Å². The Kier molecular flexibility index (Phi) is 5.66. The number of pyridine rings is 1. The van der Waals surface area contributed by atoms with Crippen LogP contribution in [0.15, 0.2) is 12.3 Å². The lowest BCUT2D eigenvalue weighted by Crippen LogP contribution is -2.35. The van der Waals surface area contributed by atoms with E-state index in [0.29, 0.717) is 23.7 Å². The highest BCUT2D eigenvalue weighted by Gasteiger charge is 2.12. The quantitative estimate of drug-likeness (QED) is 0.834. The minimum absolute atomic E-state index is 0.0678. The van der Waals surface area contributed by atoms with Crippen molar-refractivity contribution in [3.05, 3.63) is 28.8 Å². The molecular weight excluding hydrogens is 231 g/mol. The van der Waals surface area contributed by atoms with E-state index in [1.165, 1.54) is 12.3 Å². The van der Waals surface area contributed by atoms with Crippen LogP contribution in [0.4, 0.5) is 4.39 Å². The zero-order valence-corrected chi connectivity index (χ0v) is 10.2. The lowest BCUT2D eigenvalue weighted by molar-refractivity contribution is 0.166. The number of nitrogens with zero attached hydrogens (tertiary/aromatic N) is 1. The summed E-state index contributed by atoms with van der Waals surface area (Å²) in [6.45, 7) is 3.33. The molecule has 1 unspecified atom stereocenters. The number of aromatic nitrogens is 1. The highest BCUT2D eigenvalue weighted by atomic mass is 35.5. The summed E-state index contributed by atoms with van der Waals surface area (Å²) < 4.78 is 18.5. The predicted octanol–water partition coefficient (Wildman–Crippen LogP) is 2.04. The Morgan fingerprint density at radius 3 is 2.94 bits per heavy atom. The molecule has 0 aromatic carbocycles. The maximum absolute atomic E-state index is 13.5. The van der Waals surface area contributed by atoms with E-state index in [-0.39, 0.29) is 11.9 Å². The summed E-state index contributed by atoms with van der Waals surface area (Å²) in [6.07, 6.45) is 1.94. The summed E-state index contributed by atoms with van der Waals surface area (Å²) in [5.74, 6) is -0.369. The van der Waals surface area contributed by atoms with Gasteiger partial charge in [-0.15, -0.1) is 0 Å². The molecule has 0 amide bonds. The fourth-order valence-corrected chi connectivity index (χ4v) is 1.65. The van der Waals surface area contributed by atoms with E-state index in [9.17, 15) is 4.39 Å². The molecule has 1 N–H and O–H groups in total. The van der Waals surface area contributed by atoms with Gasteiger partial charge in [-0.3, -0.25) is 4.98 Å². The zero-order chi connectivity index (χ0) is 12.0. The molecule has 90 valence electrons. The van der Waals surface area contributed by atoms with Gasteiger partial charge >= 0.3 is 0 Å². The highest BCUT2D eigenvalue weighted by molar-refractivity contribution is 6.30. The molecule has 16 heavy (non-hydrogen) atoms. The Hall–Kier alpha value is -0.710. The largest absolute Gasteiger partial charge is 0.383 e. The molecule has 0 saturated carbocycles. The number of methoxy groups -OCH3 is 1. The summed E-state index contributed by atoms with van der Waals surface area (Å²) in [4.78, 5) is 3.98. The zero-order valence-electron chi connectivity index (χ0n) is 9.46. The van der Waals surface area contributed by atoms with Crippen molar-refractivity contribution in [3.63, 3.8) is 0 Å². The van der Waals surface area contributed by atoms with Crippen molar-refractivity contribution in [1.82, 2.24) is 10.3 Å². The van der Waals surface area contributed by atoms with Gasteiger partial charge in [0.1, 0.15) is 5.82 Å². The van der Waals surface area contributed by atoms with Crippen molar-refractivity contribution in [3.8, 4) is 0 Å². The first-order valence-corrected chi connectivity index (χ1v) is 5.57. The maximum atomic E-state index is 13.5. The topological polar surface area (TPSA) is 34.1 Å². The molecule has 1 rings (SSSR count). The first-order valence-electron chi connectivity index (χ1n) is 5.19. The number of hydrogen-bond donors (Lipinski definition) is 1. The Balaban J connectivity index is 2.68. The van der Waals surface area contributed by atoms with Gasteiger partial charge in [-0.05, 0) is 12.6 Å². The summed E-state index contributed by atoms with van der Waals surface area (Å²) in [5.41, 5.74) is 0.410. The minimum atomic E-state index is -0.369. The van der Waals surface area contributed by atoms with Crippen molar-refractivity contribution in [2.45, 2.75) is 19.4 Å². The van der Waals surface area contributed by atoms with E-state index in [4.69, 9.17) is 16.3 Å². The molecule has 0 bridgehead atoms. The third-order valence-corrected chi connectivity index (χ3v) is 2.39. The lowest BCUT2D eigenvalue weighted by atomic mass is 10.1. The Morgan fingerprint density at radius 2 is 2.38 bits per heavy atom. The second-order valence-corrected chi connectivity index (χ2v) is 3.93. The molecule has 0 spiro atoms. The molecule has 0 saturated heterocycles. The van der Waals surface area contributed by atoms with E-state index in [1.807, 2.05) is 6.92 Å². The van der Waals surface area contributed by atoms with Crippen LogP contribution >= 0.6 is 11.6 Å². The minimum Gasteiger partial charge on any atom is -0.383 e. The number of halogens is 2. The fraction of sp³-hybridized carbons (Fsp3) is 0.545. The molecule has 0 aliphatic carbocycles. The summed E-state index contributed by atoms with van der Waals surface area (Å²) >= 11 is 5.63. The Morgan fingerprint density at radius 1 is 1.62 bits per heavy atom. The van der Waals surface area contributed by atoms with E-state index < -0.39 is 0 Å². The van der Waals surface area contributed by atoms with Crippen LogP contribution < -0.4 is 5.32 Å². The number of hydrogen-bond acceptors (Lipinski definition) is 3. The monoisotopic (exact) mass is 246 g/mol. The third-order valence-electron chi connectivity index (χ3n) is 2.18. The molecule has 1 aromatic rings. The van der Waals surface area contributed by atoms with Crippen molar-refractivity contribution < 1.29 is 9.13 Å².